The molecular weight excluding hydrogens is 298 g/mol. The van der Waals surface area contributed by atoms with Crippen LogP contribution < -0.4 is 4.90 Å². The van der Waals surface area contributed by atoms with Gasteiger partial charge in [-0.2, -0.15) is 0 Å². The lowest BCUT2D eigenvalue weighted by Gasteiger charge is -2.32. The largest absolute Gasteiger partial charge is 0.361 e. The Morgan fingerprint density at radius 3 is 2.22 bits per heavy atom. The first-order valence-electron chi connectivity index (χ1n) is 8.87. The lowest BCUT2D eigenvalue weighted by atomic mass is 9.86. The first-order valence-corrected chi connectivity index (χ1v) is 12.6. The molecule has 0 radical (unpaired) electrons. The summed E-state index contributed by atoms with van der Waals surface area (Å²) < 4.78 is 6.03. The molecule has 0 aliphatic carbocycles. The molecule has 23 heavy (non-hydrogen) atoms. The van der Waals surface area contributed by atoms with E-state index in [0.717, 1.165) is 6.61 Å². The molecule has 0 aliphatic heterocycles. The van der Waals surface area contributed by atoms with Crippen LogP contribution in [0.4, 0.5) is 5.69 Å². The third-order valence-electron chi connectivity index (χ3n) is 4.23. The summed E-state index contributed by atoms with van der Waals surface area (Å²) in [5.74, 6) is 0. The van der Waals surface area contributed by atoms with E-state index in [1.807, 2.05) is 0 Å². The van der Waals surface area contributed by atoms with Crippen LogP contribution in [0.1, 0.15) is 45.7 Å². The zero-order chi connectivity index (χ0) is 17.8. The molecule has 0 amide bonds. The van der Waals surface area contributed by atoms with Crippen molar-refractivity contribution in [3.63, 3.8) is 0 Å². The Balaban J connectivity index is 2.89. The van der Waals surface area contributed by atoms with Gasteiger partial charge in [0.25, 0.3) is 0 Å². The minimum absolute atomic E-state index is 0.170. The average molecular weight is 336 g/mol. The SMILES string of the molecule is Cc1ccc(C(C)(C)C)cc1N(COCC[Si](C)(C)C)C(C)C. The Hall–Kier alpha value is -0.803. The van der Waals surface area contributed by atoms with Crippen LogP contribution in [0.5, 0.6) is 0 Å². The summed E-state index contributed by atoms with van der Waals surface area (Å²) in [4.78, 5) is 2.38. The topological polar surface area (TPSA) is 12.5 Å². The molecule has 0 aromatic heterocycles. The van der Waals surface area contributed by atoms with Gasteiger partial charge in [-0.3, -0.25) is 0 Å². The molecule has 1 rings (SSSR count). The highest BCUT2D eigenvalue weighted by Gasteiger charge is 2.19. The lowest BCUT2D eigenvalue weighted by molar-refractivity contribution is 0.142. The van der Waals surface area contributed by atoms with Crippen LogP contribution in [0.25, 0.3) is 0 Å². The Morgan fingerprint density at radius 1 is 1.13 bits per heavy atom. The van der Waals surface area contributed by atoms with E-state index in [-0.39, 0.29) is 5.41 Å². The van der Waals surface area contributed by atoms with E-state index in [1.54, 1.807) is 0 Å². The van der Waals surface area contributed by atoms with Crippen molar-refractivity contribution in [1.29, 1.82) is 0 Å². The lowest BCUT2D eigenvalue weighted by Crippen LogP contribution is -2.34. The maximum Gasteiger partial charge on any atom is 0.119 e. The summed E-state index contributed by atoms with van der Waals surface area (Å²) in [6.45, 7) is 22.2. The van der Waals surface area contributed by atoms with E-state index < -0.39 is 8.07 Å². The van der Waals surface area contributed by atoms with Crippen LogP contribution in [-0.2, 0) is 10.2 Å². The molecule has 0 fully saturated rings. The molecule has 0 spiro atoms. The number of benzene rings is 1. The fraction of sp³-hybridized carbons (Fsp3) is 0.700. The quantitative estimate of drug-likeness (QED) is 0.354. The van der Waals surface area contributed by atoms with Gasteiger partial charge in [-0.05, 0) is 49.4 Å². The Labute approximate surface area is 145 Å². The predicted molar refractivity (Wildman–Crippen MR) is 106 cm³/mol. The van der Waals surface area contributed by atoms with Crippen molar-refractivity contribution < 1.29 is 4.74 Å². The highest BCUT2D eigenvalue weighted by molar-refractivity contribution is 6.76. The van der Waals surface area contributed by atoms with Crippen molar-refractivity contribution >= 4 is 13.8 Å². The van der Waals surface area contributed by atoms with Crippen molar-refractivity contribution in [3.8, 4) is 0 Å². The minimum Gasteiger partial charge on any atom is -0.361 e. The zero-order valence-corrected chi connectivity index (χ0v) is 17.8. The van der Waals surface area contributed by atoms with Gasteiger partial charge in [0.2, 0.25) is 0 Å². The van der Waals surface area contributed by atoms with Gasteiger partial charge in [0.15, 0.2) is 0 Å². The highest BCUT2D eigenvalue weighted by atomic mass is 28.3. The van der Waals surface area contributed by atoms with Gasteiger partial charge in [0.1, 0.15) is 6.73 Å². The van der Waals surface area contributed by atoms with Crippen molar-refractivity contribution in [2.45, 2.75) is 78.7 Å². The van der Waals surface area contributed by atoms with Crippen LogP contribution in [0, 0.1) is 6.92 Å². The van der Waals surface area contributed by atoms with Crippen LogP contribution in [0.2, 0.25) is 25.7 Å². The van der Waals surface area contributed by atoms with Gasteiger partial charge < -0.3 is 9.64 Å². The fourth-order valence-corrected chi connectivity index (χ4v) is 3.18. The normalized spacial score (nSPS) is 12.8. The molecule has 1 aromatic rings. The van der Waals surface area contributed by atoms with E-state index in [2.05, 4.69) is 84.3 Å². The second-order valence-electron chi connectivity index (χ2n) is 9.16. The van der Waals surface area contributed by atoms with E-state index in [9.17, 15) is 0 Å². The summed E-state index contributed by atoms with van der Waals surface area (Å²) in [7, 11) is -1.02. The van der Waals surface area contributed by atoms with Crippen LogP contribution in [0.3, 0.4) is 0 Å². The Kier molecular flexibility index (Phi) is 6.91. The van der Waals surface area contributed by atoms with Crippen LogP contribution in [0.15, 0.2) is 18.2 Å². The summed E-state index contributed by atoms with van der Waals surface area (Å²) in [5.41, 5.74) is 4.18. The molecule has 2 nitrogen and oxygen atoms in total. The smallest absolute Gasteiger partial charge is 0.119 e. The average Bonchev–Trinajstić information content (AvgIpc) is 2.37. The monoisotopic (exact) mass is 335 g/mol. The molecule has 0 saturated carbocycles. The third kappa shape index (κ3) is 6.68. The second-order valence-corrected chi connectivity index (χ2v) is 14.8. The van der Waals surface area contributed by atoms with Gasteiger partial charge in [0, 0.05) is 26.4 Å². The predicted octanol–water partition coefficient (Wildman–Crippen LogP) is 5.82. The molecule has 132 valence electrons. The van der Waals surface area contributed by atoms with Gasteiger partial charge in [0.05, 0.1) is 0 Å². The molecule has 0 heterocycles. The minimum atomic E-state index is -1.02. The standard InChI is InChI=1S/C20H37NOSi/c1-16(2)21(15-22-12-13-23(7,8)9)19-14-18(20(4,5)6)11-10-17(19)3/h10-11,14,16H,12-13,15H2,1-9H3. The summed E-state index contributed by atoms with van der Waals surface area (Å²) >= 11 is 0. The molecule has 0 unspecified atom stereocenters. The second kappa shape index (κ2) is 7.85. The maximum absolute atomic E-state index is 6.03. The van der Waals surface area contributed by atoms with E-state index in [0.29, 0.717) is 12.8 Å². The number of anilines is 1. The molecule has 1 aromatic carbocycles. The Bertz CT molecular complexity index is 497. The van der Waals surface area contributed by atoms with Gasteiger partial charge in [-0.15, -0.1) is 0 Å². The van der Waals surface area contributed by atoms with Crippen molar-refractivity contribution in [3.05, 3.63) is 29.3 Å². The molecule has 0 bridgehead atoms. The third-order valence-corrected chi connectivity index (χ3v) is 5.94. The molecular formula is C20H37NOSi. The number of rotatable bonds is 7. The molecule has 0 saturated heterocycles. The first-order chi connectivity index (χ1) is 10.4. The molecule has 0 aliphatic rings. The van der Waals surface area contributed by atoms with Gasteiger partial charge in [-0.1, -0.05) is 52.5 Å². The summed E-state index contributed by atoms with van der Waals surface area (Å²) in [6.07, 6.45) is 0. The van der Waals surface area contributed by atoms with E-state index in [4.69, 9.17) is 4.74 Å². The molecule has 3 heteroatoms. The van der Waals surface area contributed by atoms with Gasteiger partial charge >= 0.3 is 0 Å². The molecule has 0 N–H and O–H groups in total. The van der Waals surface area contributed by atoms with Crippen molar-refractivity contribution in [2.75, 3.05) is 18.2 Å². The number of nitrogens with zero attached hydrogens (tertiary/aromatic N) is 1. The zero-order valence-electron chi connectivity index (χ0n) is 16.8. The maximum atomic E-state index is 6.03. The number of hydrogen-bond acceptors (Lipinski definition) is 2. The van der Waals surface area contributed by atoms with Crippen molar-refractivity contribution in [2.24, 2.45) is 0 Å². The highest BCUT2D eigenvalue weighted by Crippen LogP contribution is 2.30. The first kappa shape index (κ1) is 20.2. The Morgan fingerprint density at radius 2 is 1.74 bits per heavy atom. The van der Waals surface area contributed by atoms with Gasteiger partial charge in [-0.25, -0.2) is 0 Å². The summed E-state index contributed by atoms with van der Waals surface area (Å²) in [5, 5.41) is 0. The number of hydrogen-bond donors (Lipinski definition) is 0. The number of ether oxygens (including phenoxy) is 1. The number of aryl methyl sites for hydroxylation is 1. The van der Waals surface area contributed by atoms with E-state index in [1.165, 1.54) is 22.9 Å². The summed E-state index contributed by atoms with van der Waals surface area (Å²) in [6, 6.07) is 8.49. The molecule has 0 atom stereocenters. The van der Waals surface area contributed by atoms with E-state index >= 15 is 0 Å². The van der Waals surface area contributed by atoms with Crippen LogP contribution in [-0.4, -0.2) is 27.5 Å². The van der Waals surface area contributed by atoms with Crippen LogP contribution >= 0.6 is 0 Å². The van der Waals surface area contributed by atoms with Crippen molar-refractivity contribution in [1.82, 2.24) is 0 Å². The fourth-order valence-electron chi connectivity index (χ4n) is 2.42.